The molecule has 10 heteroatoms. The minimum atomic E-state index is -0.818. The van der Waals surface area contributed by atoms with Gasteiger partial charge in [-0.05, 0) is 6.07 Å². The summed E-state index contributed by atoms with van der Waals surface area (Å²) in [5.41, 5.74) is -0.797. The van der Waals surface area contributed by atoms with E-state index in [1.54, 1.807) is 7.05 Å². The van der Waals surface area contributed by atoms with E-state index in [4.69, 9.17) is 4.74 Å². The Morgan fingerprint density at radius 1 is 1.24 bits per heavy atom. The number of hydrogen-bond donors (Lipinski definition) is 1. The average Bonchev–Trinajstić information content (AvgIpc) is 2.60. The van der Waals surface area contributed by atoms with Gasteiger partial charge in [-0.15, -0.1) is 0 Å². The molecule has 0 atom stereocenters. The highest BCUT2D eigenvalue weighted by molar-refractivity contribution is 5.96. The topological polar surface area (TPSA) is 125 Å². The highest BCUT2D eigenvalue weighted by Crippen LogP contribution is 2.22. The summed E-state index contributed by atoms with van der Waals surface area (Å²) in [7, 11) is 4.34. The third-order valence-corrected chi connectivity index (χ3v) is 3.68. The van der Waals surface area contributed by atoms with Gasteiger partial charge in [0.25, 0.3) is 11.2 Å². The van der Waals surface area contributed by atoms with Gasteiger partial charge in [0, 0.05) is 45.0 Å². The van der Waals surface area contributed by atoms with Crippen molar-refractivity contribution in [1.82, 2.24) is 9.13 Å². The summed E-state index contributed by atoms with van der Waals surface area (Å²) in [6.45, 7) is -0.327. The van der Waals surface area contributed by atoms with Crippen LogP contribution in [0.15, 0.2) is 33.9 Å². The molecule has 2 rings (SSSR count). The second-order valence-corrected chi connectivity index (χ2v) is 5.19. The van der Waals surface area contributed by atoms with E-state index in [1.165, 1.54) is 36.9 Å². The van der Waals surface area contributed by atoms with Gasteiger partial charge >= 0.3 is 11.7 Å². The first-order valence-corrected chi connectivity index (χ1v) is 7.15. The van der Waals surface area contributed by atoms with Gasteiger partial charge in [0.05, 0.1) is 16.2 Å². The van der Waals surface area contributed by atoms with Crippen LogP contribution in [0.1, 0.15) is 16.1 Å². The number of rotatable bonds is 5. The zero-order valence-corrected chi connectivity index (χ0v) is 13.8. The monoisotopic (exact) mass is 348 g/mol. The van der Waals surface area contributed by atoms with E-state index in [-0.39, 0.29) is 23.6 Å². The maximum atomic E-state index is 12.3. The van der Waals surface area contributed by atoms with Crippen molar-refractivity contribution >= 4 is 17.3 Å². The van der Waals surface area contributed by atoms with Crippen LogP contribution in [0, 0.1) is 10.1 Å². The molecule has 1 N–H and O–H groups in total. The Balaban J connectivity index is 2.30. The van der Waals surface area contributed by atoms with E-state index in [0.29, 0.717) is 5.69 Å². The number of anilines is 1. The van der Waals surface area contributed by atoms with Crippen LogP contribution < -0.4 is 16.6 Å². The molecule has 10 nitrogen and oxygen atoms in total. The first-order valence-electron chi connectivity index (χ1n) is 7.15. The van der Waals surface area contributed by atoms with E-state index >= 15 is 0 Å². The fraction of sp³-hybridized carbons (Fsp3) is 0.267. The van der Waals surface area contributed by atoms with Crippen molar-refractivity contribution in [3.8, 4) is 0 Å². The van der Waals surface area contributed by atoms with Crippen molar-refractivity contribution in [2.45, 2.75) is 6.61 Å². The molecular formula is C15H16N4O6. The Labute approximate surface area is 141 Å². The van der Waals surface area contributed by atoms with Crippen LogP contribution >= 0.6 is 0 Å². The molecule has 2 aromatic rings. The highest BCUT2D eigenvalue weighted by atomic mass is 16.6. The maximum Gasteiger partial charge on any atom is 0.340 e. The molecule has 132 valence electrons. The van der Waals surface area contributed by atoms with Crippen molar-refractivity contribution < 1.29 is 14.5 Å². The summed E-state index contributed by atoms with van der Waals surface area (Å²) in [5.74, 6) is -0.818. The molecule has 0 unspecified atom stereocenters. The lowest BCUT2D eigenvalue weighted by atomic mass is 10.1. The Bertz CT molecular complexity index is 959. The molecule has 0 aliphatic heterocycles. The van der Waals surface area contributed by atoms with Crippen molar-refractivity contribution in [2.75, 3.05) is 12.4 Å². The van der Waals surface area contributed by atoms with Crippen molar-refractivity contribution in [3.63, 3.8) is 0 Å². The quantitative estimate of drug-likeness (QED) is 0.470. The summed E-state index contributed by atoms with van der Waals surface area (Å²) in [6, 6.07) is 4.92. The maximum absolute atomic E-state index is 12.3. The van der Waals surface area contributed by atoms with Gasteiger partial charge in [0.2, 0.25) is 0 Å². The molecule has 0 spiro atoms. The van der Waals surface area contributed by atoms with Crippen molar-refractivity contribution in [3.05, 3.63) is 66.5 Å². The second kappa shape index (κ2) is 6.99. The normalized spacial score (nSPS) is 10.4. The summed E-state index contributed by atoms with van der Waals surface area (Å²) in [4.78, 5) is 46.0. The van der Waals surface area contributed by atoms with Crippen molar-refractivity contribution in [1.29, 1.82) is 0 Å². The molecule has 0 aliphatic rings. The largest absolute Gasteiger partial charge is 0.456 e. The Kier molecular flexibility index (Phi) is 5.01. The molecule has 0 saturated heterocycles. The number of nitro benzene ring substituents is 1. The summed E-state index contributed by atoms with van der Waals surface area (Å²) in [6.07, 6.45) is 0. The summed E-state index contributed by atoms with van der Waals surface area (Å²) >= 11 is 0. The van der Waals surface area contributed by atoms with E-state index in [9.17, 15) is 24.5 Å². The molecule has 0 saturated carbocycles. The van der Waals surface area contributed by atoms with Gasteiger partial charge in [0.1, 0.15) is 6.61 Å². The van der Waals surface area contributed by atoms with E-state index in [0.717, 1.165) is 10.6 Å². The molecule has 1 aromatic carbocycles. The Morgan fingerprint density at radius 3 is 2.52 bits per heavy atom. The summed E-state index contributed by atoms with van der Waals surface area (Å²) in [5, 5.41) is 13.6. The lowest BCUT2D eigenvalue weighted by Gasteiger charge is -2.12. The lowest BCUT2D eigenvalue weighted by molar-refractivity contribution is -0.384. The van der Waals surface area contributed by atoms with Crippen LogP contribution in [0.4, 0.5) is 11.4 Å². The number of hydrogen-bond acceptors (Lipinski definition) is 7. The van der Waals surface area contributed by atoms with Gasteiger partial charge in [-0.2, -0.15) is 0 Å². The molecule has 1 aromatic heterocycles. The molecule has 0 amide bonds. The van der Waals surface area contributed by atoms with E-state index < -0.39 is 22.1 Å². The number of aromatic nitrogens is 2. The third kappa shape index (κ3) is 3.57. The highest BCUT2D eigenvalue weighted by Gasteiger charge is 2.18. The Hall–Kier alpha value is -3.43. The number of non-ortho nitro benzene ring substituents is 1. The number of carbonyl (C=O) groups excluding carboxylic acids is 1. The van der Waals surface area contributed by atoms with Gasteiger partial charge in [-0.3, -0.25) is 24.0 Å². The number of nitrogens with one attached hydrogen (secondary N) is 1. The van der Waals surface area contributed by atoms with Gasteiger partial charge in [0.15, 0.2) is 0 Å². The standard InChI is InChI=1S/C15H16N4O6/c1-16-12-5-4-9(19(23)24)6-11(12)14(21)25-8-10-7-13(20)18(3)15(22)17(10)2/h4-7,16H,8H2,1-3H3. The molecule has 25 heavy (non-hydrogen) atoms. The minimum Gasteiger partial charge on any atom is -0.456 e. The fourth-order valence-electron chi connectivity index (χ4n) is 2.17. The number of nitro groups is 1. The van der Waals surface area contributed by atoms with Crippen LogP contribution in [0.5, 0.6) is 0 Å². The van der Waals surface area contributed by atoms with E-state index in [1.807, 2.05) is 0 Å². The Morgan fingerprint density at radius 2 is 1.92 bits per heavy atom. The molecule has 1 heterocycles. The zero-order chi connectivity index (χ0) is 18.7. The first kappa shape index (κ1) is 17.9. The fourth-order valence-corrected chi connectivity index (χ4v) is 2.17. The molecule has 0 aliphatic carbocycles. The van der Waals surface area contributed by atoms with Crippen LogP contribution in [0.25, 0.3) is 0 Å². The first-order chi connectivity index (χ1) is 11.8. The molecule has 0 radical (unpaired) electrons. The SMILES string of the molecule is CNc1ccc([N+](=O)[O-])cc1C(=O)OCc1cc(=O)n(C)c(=O)n1C. The minimum absolute atomic E-state index is 0.0227. The van der Waals surface area contributed by atoms with Crippen LogP contribution in [-0.4, -0.2) is 27.1 Å². The van der Waals surface area contributed by atoms with Crippen molar-refractivity contribution in [2.24, 2.45) is 14.1 Å². The molecule has 0 bridgehead atoms. The van der Waals surface area contributed by atoms with Gasteiger partial charge < -0.3 is 10.1 Å². The van der Waals surface area contributed by atoms with Gasteiger partial charge in [-0.25, -0.2) is 9.59 Å². The second-order valence-electron chi connectivity index (χ2n) is 5.19. The van der Waals surface area contributed by atoms with Gasteiger partial charge in [-0.1, -0.05) is 0 Å². The molecular weight excluding hydrogens is 332 g/mol. The number of ether oxygens (including phenoxy) is 1. The number of nitrogens with zero attached hydrogens (tertiary/aromatic N) is 3. The smallest absolute Gasteiger partial charge is 0.340 e. The van der Waals surface area contributed by atoms with E-state index in [2.05, 4.69) is 5.32 Å². The predicted octanol–water partition coefficient (Wildman–Crippen LogP) is 0.391. The number of esters is 1. The molecule has 0 fully saturated rings. The van der Waals surface area contributed by atoms with Crippen LogP contribution in [0.3, 0.4) is 0 Å². The van der Waals surface area contributed by atoms with Crippen LogP contribution in [-0.2, 0) is 25.4 Å². The average molecular weight is 348 g/mol. The van der Waals surface area contributed by atoms with Crippen LogP contribution in [0.2, 0.25) is 0 Å². The zero-order valence-electron chi connectivity index (χ0n) is 13.8. The lowest BCUT2D eigenvalue weighted by Crippen LogP contribution is -2.38. The summed E-state index contributed by atoms with van der Waals surface area (Å²) < 4.78 is 7.22. The third-order valence-electron chi connectivity index (χ3n) is 3.68. The number of benzene rings is 1. The predicted molar refractivity (Wildman–Crippen MR) is 88.7 cm³/mol. The number of carbonyl (C=O) groups is 1.